The van der Waals surface area contributed by atoms with Crippen molar-refractivity contribution in [1.29, 1.82) is 0 Å². The number of thiocarbonyl (C=S) groups is 1. The molecular formula is C11H13Br2N3OS. The van der Waals surface area contributed by atoms with Gasteiger partial charge in [-0.3, -0.25) is 5.43 Å². The molecule has 0 fully saturated rings. The third kappa shape index (κ3) is 4.55. The van der Waals surface area contributed by atoms with Crippen LogP contribution >= 0.6 is 44.1 Å². The van der Waals surface area contributed by atoms with Gasteiger partial charge in [0, 0.05) is 6.54 Å². The first-order valence-corrected chi connectivity index (χ1v) is 7.17. The Morgan fingerprint density at radius 1 is 1.44 bits per heavy atom. The summed E-state index contributed by atoms with van der Waals surface area (Å²) in [5.41, 5.74) is 3.65. The summed E-state index contributed by atoms with van der Waals surface area (Å²) in [6.07, 6.45) is 1.68. The zero-order valence-electron chi connectivity index (χ0n) is 9.96. The monoisotopic (exact) mass is 393 g/mol. The fourth-order valence-corrected chi connectivity index (χ4v) is 2.96. The van der Waals surface area contributed by atoms with Crippen LogP contribution in [-0.2, 0) is 0 Å². The molecule has 1 aromatic rings. The summed E-state index contributed by atoms with van der Waals surface area (Å²) in [5, 5.41) is 7.48. The van der Waals surface area contributed by atoms with Gasteiger partial charge >= 0.3 is 0 Å². The Hall–Kier alpha value is -0.660. The molecule has 0 spiro atoms. The van der Waals surface area contributed by atoms with Crippen molar-refractivity contribution in [1.82, 2.24) is 10.7 Å². The van der Waals surface area contributed by atoms with Crippen molar-refractivity contribution in [3.8, 4) is 5.75 Å². The second-order valence-electron chi connectivity index (χ2n) is 3.25. The quantitative estimate of drug-likeness (QED) is 0.468. The molecule has 0 unspecified atom stereocenters. The lowest BCUT2D eigenvalue weighted by Gasteiger charge is -2.07. The molecule has 0 saturated heterocycles. The summed E-state index contributed by atoms with van der Waals surface area (Å²) in [4.78, 5) is 0. The number of methoxy groups -OCH3 is 1. The Labute approximate surface area is 128 Å². The van der Waals surface area contributed by atoms with E-state index in [1.807, 2.05) is 19.1 Å². The van der Waals surface area contributed by atoms with E-state index in [4.69, 9.17) is 17.0 Å². The molecule has 0 aliphatic carbocycles. The van der Waals surface area contributed by atoms with Gasteiger partial charge in [-0.15, -0.1) is 0 Å². The van der Waals surface area contributed by atoms with Crippen LogP contribution in [0.15, 0.2) is 26.2 Å². The van der Waals surface area contributed by atoms with E-state index in [1.165, 1.54) is 0 Å². The number of hydrazone groups is 1. The number of benzene rings is 1. The van der Waals surface area contributed by atoms with Crippen LogP contribution < -0.4 is 15.5 Å². The molecule has 1 rings (SSSR count). The molecule has 0 aliphatic heterocycles. The van der Waals surface area contributed by atoms with E-state index in [0.29, 0.717) is 5.11 Å². The van der Waals surface area contributed by atoms with Crippen LogP contribution in [0.3, 0.4) is 0 Å². The molecule has 98 valence electrons. The van der Waals surface area contributed by atoms with E-state index in [0.717, 1.165) is 26.8 Å². The molecule has 0 aliphatic rings. The van der Waals surface area contributed by atoms with Gasteiger partial charge in [-0.25, -0.2) is 0 Å². The Kier molecular flexibility index (Phi) is 6.59. The van der Waals surface area contributed by atoms with Crippen LogP contribution in [0.1, 0.15) is 12.5 Å². The van der Waals surface area contributed by atoms with Crippen molar-refractivity contribution in [2.24, 2.45) is 5.10 Å². The van der Waals surface area contributed by atoms with Gasteiger partial charge in [0.2, 0.25) is 0 Å². The molecule has 0 saturated carbocycles. The lowest BCUT2D eigenvalue weighted by atomic mass is 10.2. The van der Waals surface area contributed by atoms with Gasteiger partial charge in [0.15, 0.2) is 5.11 Å². The third-order valence-electron chi connectivity index (χ3n) is 1.94. The first-order chi connectivity index (χ1) is 8.58. The molecule has 4 nitrogen and oxygen atoms in total. The van der Waals surface area contributed by atoms with Gasteiger partial charge in [-0.1, -0.05) is 0 Å². The van der Waals surface area contributed by atoms with Crippen LogP contribution in [-0.4, -0.2) is 25.0 Å². The van der Waals surface area contributed by atoms with Crippen molar-refractivity contribution in [2.45, 2.75) is 6.92 Å². The maximum absolute atomic E-state index is 5.22. The molecular weight excluding hydrogens is 382 g/mol. The number of nitrogens with zero attached hydrogens (tertiary/aromatic N) is 1. The van der Waals surface area contributed by atoms with E-state index in [-0.39, 0.29) is 0 Å². The van der Waals surface area contributed by atoms with Gasteiger partial charge in [0.1, 0.15) is 5.75 Å². The predicted octanol–water partition coefficient (Wildman–Crippen LogP) is 3.04. The summed E-state index contributed by atoms with van der Waals surface area (Å²) in [6.45, 7) is 2.73. The first-order valence-electron chi connectivity index (χ1n) is 5.18. The Morgan fingerprint density at radius 2 is 2.06 bits per heavy atom. The molecule has 2 N–H and O–H groups in total. The van der Waals surface area contributed by atoms with Gasteiger partial charge in [-0.2, -0.15) is 5.10 Å². The van der Waals surface area contributed by atoms with E-state index >= 15 is 0 Å². The van der Waals surface area contributed by atoms with Crippen LogP contribution in [0.4, 0.5) is 0 Å². The van der Waals surface area contributed by atoms with Gasteiger partial charge < -0.3 is 10.1 Å². The smallest absolute Gasteiger partial charge is 0.186 e. The largest absolute Gasteiger partial charge is 0.494 e. The highest BCUT2D eigenvalue weighted by Gasteiger charge is 2.06. The molecule has 7 heteroatoms. The Morgan fingerprint density at radius 3 is 2.56 bits per heavy atom. The summed E-state index contributed by atoms with van der Waals surface area (Å²) in [7, 11) is 1.62. The van der Waals surface area contributed by atoms with Gasteiger partial charge in [-0.05, 0) is 68.7 Å². The number of hydrogen-bond acceptors (Lipinski definition) is 3. The van der Waals surface area contributed by atoms with E-state index < -0.39 is 0 Å². The zero-order valence-corrected chi connectivity index (χ0v) is 13.9. The Bertz CT molecular complexity index is 443. The second kappa shape index (κ2) is 7.70. The molecule has 1 aromatic carbocycles. The van der Waals surface area contributed by atoms with E-state index in [1.54, 1.807) is 13.3 Å². The average molecular weight is 395 g/mol. The van der Waals surface area contributed by atoms with Crippen LogP contribution in [0.25, 0.3) is 0 Å². The molecule has 18 heavy (non-hydrogen) atoms. The SMILES string of the molecule is CCNC(=S)N/N=C\c1cc(Br)c(OC)c(Br)c1. The van der Waals surface area contributed by atoms with E-state index in [2.05, 4.69) is 47.7 Å². The van der Waals surface area contributed by atoms with Crippen molar-refractivity contribution < 1.29 is 4.74 Å². The van der Waals surface area contributed by atoms with Gasteiger partial charge in [0.25, 0.3) is 0 Å². The summed E-state index contributed by atoms with van der Waals surface area (Å²) < 4.78 is 6.93. The number of hydrogen-bond donors (Lipinski definition) is 2. The molecule has 0 aromatic heterocycles. The van der Waals surface area contributed by atoms with Crippen LogP contribution in [0, 0.1) is 0 Å². The molecule has 0 bridgehead atoms. The van der Waals surface area contributed by atoms with Crippen molar-refractivity contribution in [3.05, 3.63) is 26.6 Å². The fourth-order valence-electron chi connectivity index (χ4n) is 1.21. The minimum Gasteiger partial charge on any atom is -0.494 e. The molecule has 0 atom stereocenters. The highest BCUT2D eigenvalue weighted by atomic mass is 79.9. The molecule has 0 radical (unpaired) electrons. The van der Waals surface area contributed by atoms with Crippen molar-refractivity contribution in [2.75, 3.05) is 13.7 Å². The van der Waals surface area contributed by atoms with Crippen molar-refractivity contribution >= 4 is 55.4 Å². The van der Waals surface area contributed by atoms with Crippen molar-refractivity contribution in [3.63, 3.8) is 0 Å². The lowest BCUT2D eigenvalue weighted by Crippen LogP contribution is -2.31. The maximum Gasteiger partial charge on any atom is 0.186 e. The highest BCUT2D eigenvalue weighted by molar-refractivity contribution is 9.11. The fraction of sp³-hybridized carbons (Fsp3) is 0.273. The molecule has 0 heterocycles. The minimum atomic E-state index is 0.500. The maximum atomic E-state index is 5.22. The molecule has 0 amide bonds. The van der Waals surface area contributed by atoms with E-state index in [9.17, 15) is 0 Å². The number of ether oxygens (including phenoxy) is 1. The third-order valence-corrected chi connectivity index (χ3v) is 3.36. The predicted molar refractivity (Wildman–Crippen MR) is 85.4 cm³/mol. The summed E-state index contributed by atoms with van der Waals surface area (Å²) >= 11 is 11.8. The summed E-state index contributed by atoms with van der Waals surface area (Å²) in [6, 6.07) is 3.82. The van der Waals surface area contributed by atoms with Crippen LogP contribution in [0.2, 0.25) is 0 Å². The standard InChI is InChI=1S/C11H13Br2N3OS/c1-3-14-11(18)16-15-6-7-4-8(12)10(17-2)9(13)5-7/h4-6H,3H2,1-2H3,(H2,14,16,18)/b15-6-. The van der Waals surface area contributed by atoms with Gasteiger partial charge in [0.05, 0.1) is 22.3 Å². The first kappa shape index (κ1) is 15.4. The topological polar surface area (TPSA) is 45.7 Å². The lowest BCUT2D eigenvalue weighted by molar-refractivity contribution is 0.409. The number of nitrogens with one attached hydrogen (secondary N) is 2. The number of rotatable bonds is 4. The Balaban J connectivity index is 2.74. The second-order valence-corrected chi connectivity index (χ2v) is 5.36. The average Bonchev–Trinajstić information content (AvgIpc) is 2.29. The minimum absolute atomic E-state index is 0.500. The number of halogens is 2. The normalized spacial score (nSPS) is 10.4. The van der Waals surface area contributed by atoms with Crippen LogP contribution in [0.5, 0.6) is 5.75 Å². The zero-order chi connectivity index (χ0) is 13.5. The highest BCUT2D eigenvalue weighted by Crippen LogP contribution is 2.33. The summed E-state index contributed by atoms with van der Waals surface area (Å²) in [5.74, 6) is 0.753.